The van der Waals surface area contributed by atoms with Crippen molar-refractivity contribution in [3.05, 3.63) is 108 Å². The Morgan fingerprint density at radius 2 is 0.955 bits per heavy atom. The summed E-state index contributed by atoms with van der Waals surface area (Å²) in [5, 5.41) is 0. The van der Waals surface area contributed by atoms with Gasteiger partial charge in [0, 0.05) is 0 Å². The Morgan fingerprint density at radius 3 is 1.36 bits per heavy atom. The van der Waals surface area contributed by atoms with E-state index in [9.17, 15) is 0 Å². The van der Waals surface area contributed by atoms with E-state index in [2.05, 4.69) is 91.0 Å². The monoisotopic (exact) mass is 413 g/mol. The van der Waals surface area contributed by atoms with Crippen LogP contribution in [-0.4, -0.2) is 22.5 Å². The molecule has 0 spiro atoms. The maximum absolute atomic E-state index is 2.25. The molecule has 3 aromatic carbocycles. The molecule has 0 aliphatic rings. The normalized spacial score (nSPS) is 10.8. The average Bonchev–Trinajstić information content (AvgIpc) is 2.57. The van der Waals surface area contributed by atoms with Gasteiger partial charge in [-0.3, -0.25) is 0 Å². The first-order chi connectivity index (χ1) is 10.3. The van der Waals surface area contributed by atoms with Crippen molar-refractivity contribution in [1.29, 1.82) is 0 Å². The van der Waals surface area contributed by atoms with Gasteiger partial charge in [0.05, 0.1) is 0 Å². The summed E-state index contributed by atoms with van der Waals surface area (Å²) >= 11 is 1.52. The van der Waals surface area contributed by atoms with Crippen molar-refractivity contribution < 1.29 is 0 Å². The van der Waals surface area contributed by atoms with E-state index < -0.39 is 0 Å². The first-order valence-corrected chi connectivity index (χ1v) is 8.62. The molecule has 2 heteroatoms. The zero-order valence-electron chi connectivity index (χ0n) is 12.3. The second-order valence-electron chi connectivity index (χ2n) is 5.30. The van der Waals surface area contributed by atoms with Crippen molar-refractivity contribution in [1.82, 2.24) is 0 Å². The minimum atomic E-state index is 0. The van der Waals surface area contributed by atoms with Gasteiger partial charge in [0.2, 0.25) is 0 Å². The van der Waals surface area contributed by atoms with Crippen LogP contribution in [0, 0.1) is 0 Å². The Balaban J connectivity index is 0.00000176. The van der Waals surface area contributed by atoms with Gasteiger partial charge in [-0.1, -0.05) is 0 Å². The van der Waals surface area contributed by atoms with Crippen LogP contribution in [0.4, 0.5) is 0 Å². The molecule has 0 amide bonds. The summed E-state index contributed by atoms with van der Waals surface area (Å²) in [6.45, 7) is 0. The molecule has 3 rings (SSSR count). The van der Waals surface area contributed by atoms with Gasteiger partial charge in [-0.15, -0.1) is 12.4 Å². The van der Waals surface area contributed by atoms with Crippen molar-refractivity contribution in [2.75, 3.05) is 0 Å². The summed E-state index contributed by atoms with van der Waals surface area (Å²) in [6, 6.07) is 32.6. The van der Waals surface area contributed by atoms with E-state index >= 15 is 0 Å². The third-order valence-corrected chi connectivity index (χ3v) is 6.00. The number of hydrogen-bond donors (Lipinski definition) is 0. The number of hydrogen-bond acceptors (Lipinski definition) is 0. The number of rotatable bonds is 4. The SMILES string of the molecule is Cl.[Sn][C](Cc1ccccc1)(c1ccccc1)c1ccccc1. The molecule has 0 aromatic heterocycles. The second-order valence-corrected chi connectivity index (χ2v) is 7.74. The van der Waals surface area contributed by atoms with Crippen LogP contribution in [0.1, 0.15) is 16.7 Å². The topological polar surface area (TPSA) is 0 Å². The first kappa shape index (κ1) is 17.1. The van der Waals surface area contributed by atoms with E-state index in [1.54, 1.807) is 0 Å². The van der Waals surface area contributed by atoms with Crippen LogP contribution in [-0.2, 0) is 9.85 Å². The molecule has 0 nitrogen and oxygen atoms in total. The van der Waals surface area contributed by atoms with Crippen LogP contribution in [0.25, 0.3) is 0 Å². The summed E-state index contributed by atoms with van der Waals surface area (Å²) in [4.78, 5) is 0. The molecule has 3 radical (unpaired) electrons. The van der Waals surface area contributed by atoms with E-state index in [4.69, 9.17) is 0 Å². The fourth-order valence-electron chi connectivity index (χ4n) is 2.72. The molecule has 0 unspecified atom stereocenters. The van der Waals surface area contributed by atoms with Crippen molar-refractivity contribution >= 4 is 34.9 Å². The van der Waals surface area contributed by atoms with Gasteiger partial charge in [0.1, 0.15) is 0 Å². The molecule has 0 saturated heterocycles. The van der Waals surface area contributed by atoms with Crippen molar-refractivity contribution in [2.45, 2.75) is 9.85 Å². The van der Waals surface area contributed by atoms with Crippen LogP contribution < -0.4 is 0 Å². The first-order valence-electron chi connectivity index (χ1n) is 7.19. The fourth-order valence-corrected chi connectivity index (χ4v) is 4.25. The van der Waals surface area contributed by atoms with E-state index in [1.165, 1.54) is 39.2 Å². The molecule has 109 valence electrons. The summed E-state index contributed by atoms with van der Waals surface area (Å²) < 4.78 is 0.0800. The molecule has 0 N–H and O–H groups in total. The van der Waals surface area contributed by atoms with Gasteiger partial charge in [-0.2, -0.15) is 0 Å². The second kappa shape index (κ2) is 7.84. The number of benzene rings is 3. The molecule has 0 aliphatic carbocycles. The van der Waals surface area contributed by atoms with Crippen LogP contribution >= 0.6 is 12.4 Å². The predicted octanol–water partition coefficient (Wildman–Crippen LogP) is 4.76. The average molecular weight is 413 g/mol. The Kier molecular flexibility index (Phi) is 6.10. The van der Waals surface area contributed by atoms with Gasteiger partial charge in [-0.05, 0) is 0 Å². The Bertz CT molecular complexity index is 641. The zero-order valence-corrected chi connectivity index (χ0v) is 15.9. The summed E-state index contributed by atoms with van der Waals surface area (Å²) in [7, 11) is 0. The summed E-state index contributed by atoms with van der Waals surface area (Å²) in [5.74, 6) is 0. The molecule has 3 aromatic rings. The number of halogens is 1. The Hall–Kier alpha value is -1.25. The molecule has 0 fully saturated rings. The van der Waals surface area contributed by atoms with Crippen LogP contribution in [0.2, 0.25) is 0 Å². The fraction of sp³-hybridized carbons (Fsp3) is 0.100. The van der Waals surface area contributed by atoms with Crippen molar-refractivity contribution in [3.8, 4) is 0 Å². The van der Waals surface area contributed by atoms with Crippen LogP contribution in [0.5, 0.6) is 0 Å². The summed E-state index contributed by atoms with van der Waals surface area (Å²) in [6.07, 6.45) is 1.04. The predicted molar refractivity (Wildman–Crippen MR) is 96.8 cm³/mol. The van der Waals surface area contributed by atoms with Gasteiger partial charge < -0.3 is 0 Å². The Morgan fingerprint density at radius 1 is 0.591 bits per heavy atom. The van der Waals surface area contributed by atoms with E-state index in [1.807, 2.05) is 0 Å². The summed E-state index contributed by atoms with van der Waals surface area (Å²) in [5.41, 5.74) is 4.19. The molecular weight excluding hydrogens is 394 g/mol. The van der Waals surface area contributed by atoms with Crippen LogP contribution in [0.15, 0.2) is 91.0 Å². The van der Waals surface area contributed by atoms with Gasteiger partial charge >= 0.3 is 140 Å². The zero-order chi connectivity index (χ0) is 14.5. The van der Waals surface area contributed by atoms with E-state index in [-0.39, 0.29) is 15.8 Å². The molecule has 0 atom stereocenters. The molecule has 0 aliphatic heterocycles. The van der Waals surface area contributed by atoms with Crippen molar-refractivity contribution in [2.24, 2.45) is 0 Å². The van der Waals surface area contributed by atoms with Gasteiger partial charge in [0.15, 0.2) is 0 Å². The van der Waals surface area contributed by atoms with Crippen LogP contribution in [0.3, 0.4) is 0 Å². The molecule has 22 heavy (non-hydrogen) atoms. The van der Waals surface area contributed by atoms with Gasteiger partial charge in [-0.25, -0.2) is 0 Å². The molecule has 0 saturated carbocycles. The Labute approximate surface area is 152 Å². The van der Waals surface area contributed by atoms with E-state index in [0.717, 1.165) is 6.42 Å². The van der Waals surface area contributed by atoms with Gasteiger partial charge in [0.25, 0.3) is 0 Å². The molecular formula is C20H18ClSn. The maximum atomic E-state index is 2.25. The quantitative estimate of drug-likeness (QED) is 0.542. The molecule has 0 bridgehead atoms. The third kappa shape index (κ3) is 3.74. The third-order valence-electron chi connectivity index (χ3n) is 3.85. The minimum absolute atomic E-state index is 0. The molecule has 0 heterocycles. The van der Waals surface area contributed by atoms with Crippen molar-refractivity contribution in [3.63, 3.8) is 0 Å². The standard InChI is InChI=1S/C20H17.ClH.Sn/c1-4-10-17(11-5-1)16-20(18-12-6-2-7-13-18)19-14-8-3-9-15-19;;/h1-15H,16H2;1H;. The van der Waals surface area contributed by atoms with E-state index in [0.29, 0.717) is 0 Å².